The van der Waals surface area contributed by atoms with Gasteiger partial charge in [0.05, 0.1) is 11.3 Å². The van der Waals surface area contributed by atoms with Gasteiger partial charge in [-0.3, -0.25) is 4.68 Å². The highest BCUT2D eigenvalue weighted by atomic mass is 35.5. The number of aromatic nitrogens is 3. The minimum atomic E-state index is -0.474. The van der Waals surface area contributed by atoms with E-state index < -0.39 is 5.97 Å². The van der Waals surface area contributed by atoms with Crippen LogP contribution in [0.4, 0.5) is 0 Å². The van der Waals surface area contributed by atoms with Gasteiger partial charge in [-0.1, -0.05) is 11.6 Å². The van der Waals surface area contributed by atoms with Crippen molar-refractivity contribution in [3.05, 3.63) is 40.4 Å². The number of carbonyl (C=O) groups excluding carboxylic acids is 1. The van der Waals surface area contributed by atoms with E-state index in [2.05, 4.69) is 10.1 Å². The first-order valence-electron chi connectivity index (χ1n) is 5.33. The van der Waals surface area contributed by atoms with Crippen LogP contribution in [0.5, 0.6) is 5.75 Å². The summed E-state index contributed by atoms with van der Waals surface area (Å²) < 4.78 is 6.99. The summed E-state index contributed by atoms with van der Waals surface area (Å²) in [5.41, 5.74) is 1.82. The lowest BCUT2D eigenvalue weighted by Crippen LogP contribution is -2.09. The summed E-state index contributed by atoms with van der Waals surface area (Å²) in [6, 6.07) is 3.01. The normalized spacial score (nSPS) is 10.4. The average Bonchev–Trinajstić information content (AvgIpc) is 2.56. The van der Waals surface area contributed by atoms with Gasteiger partial charge < -0.3 is 4.74 Å². The lowest BCUT2D eigenvalue weighted by molar-refractivity contribution is 0.0732. The molecule has 0 unspecified atom stereocenters. The fourth-order valence-electron chi connectivity index (χ4n) is 1.58. The number of halogens is 1. The molecule has 0 aliphatic heterocycles. The molecule has 5 nitrogen and oxygen atoms in total. The minimum Gasteiger partial charge on any atom is -0.419 e. The molecule has 2 heterocycles. The molecule has 2 aromatic heterocycles. The van der Waals surface area contributed by atoms with Crippen LogP contribution in [0.2, 0.25) is 5.15 Å². The van der Waals surface area contributed by atoms with Gasteiger partial charge in [-0.15, -0.1) is 0 Å². The third kappa shape index (κ3) is 2.36. The number of nitrogens with zero attached hydrogens (tertiary/aromatic N) is 3. The third-order valence-electron chi connectivity index (χ3n) is 2.60. The first-order chi connectivity index (χ1) is 8.49. The zero-order valence-corrected chi connectivity index (χ0v) is 11.0. The fourth-order valence-corrected chi connectivity index (χ4v) is 1.76. The van der Waals surface area contributed by atoms with Gasteiger partial charge >= 0.3 is 5.97 Å². The van der Waals surface area contributed by atoms with Crippen LogP contribution in [-0.2, 0) is 7.05 Å². The largest absolute Gasteiger partial charge is 0.419 e. The molecule has 94 valence electrons. The van der Waals surface area contributed by atoms with Crippen LogP contribution < -0.4 is 4.74 Å². The lowest BCUT2D eigenvalue weighted by Gasteiger charge is -2.04. The zero-order valence-electron chi connectivity index (χ0n) is 10.3. The van der Waals surface area contributed by atoms with E-state index >= 15 is 0 Å². The molecule has 0 fully saturated rings. The SMILES string of the molecule is Cc1nn(C)c(C)c1OC(=O)c1ccnc(Cl)c1. The van der Waals surface area contributed by atoms with Crippen LogP contribution in [0.25, 0.3) is 0 Å². The molecular weight excluding hydrogens is 254 g/mol. The smallest absolute Gasteiger partial charge is 0.343 e. The zero-order chi connectivity index (χ0) is 13.3. The Morgan fingerprint density at radius 3 is 2.72 bits per heavy atom. The molecule has 0 amide bonds. The van der Waals surface area contributed by atoms with Gasteiger partial charge in [-0.2, -0.15) is 5.10 Å². The van der Waals surface area contributed by atoms with Crippen LogP contribution in [0.1, 0.15) is 21.7 Å². The van der Waals surface area contributed by atoms with Crippen LogP contribution in [0.3, 0.4) is 0 Å². The summed E-state index contributed by atoms with van der Waals surface area (Å²) in [7, 11) is 1.79. The number of hydrogen-bond donors (Lipinski definition) is 0. The Morgan fingerprint density at radius 1 is 1.44 bits per heavy atom. The third-order valence-corrected chi connectivity index (χ3v) is 2.81. The Labute approximate surface area is 109 Å². The molecule has 0 spiro atoms. The van der Waals surface area contributed by atoms with Gasteiger partial charge in [0.2, 0.25) is 0 Å². The first kappa shape index (κ1) is 12.6. The number of rotatable bonds is 2. The molecule has 6 heteroatoms. The topological polar surface area (TPSA) is 57.0 Å². The maximum absolute atomic E-state index is 11.9. The highest BCUT2D eigenvalue weighted by molar-refractivity contribution is 6.29. The van der Waals surface area contributed by atoms with Crippen molar-refractivity contribution in [1.82, 2.24) is 14.8 Å². The molecule has 0 saturated carbocycles. The van der Waals surface area contributed by atoms with E-state index in [1.165, 1.54) is 12.3 Å². The van der Waals surface area contributed by atoms with Crippen molar-refractivity contribution < 1.29 is 9.53 Å². The van der Waals surface area contributed by atoms with E-state index in [4.69, 9.17) is 16.3 Å². The van der Waals surface area contributed by atoms with E-state index in [-0.39, 0.29) is 5.15 Å². The number of esters is 1. The second-order valence-electron chi connectivity index (χ2n) is 3.88. The Hall–Kier alpha value is -1.88. The number of carbonyl (C=O) groups is 1. The molecule has 2 rings (SSSR count). The minimum absolute atomic E-state index is 0.254. The molecular formula is C12H12ClN3O2. The highest BCUT2D eigenvalue weighted by Crippen LogP contribution is 2.22. The second-order valence-corrected chi connectivity index (χ2v) is 4.27. The van der Waals surface area contributed by atoms with E-state index in [1.807, 2.05) is 6.92 Å². The summed E-state index contributed by atoms with van der Waals surface area (Å²) in [4.78, 5) is 15.7. The average molecular weight is 266 g/mol. The summed E-state index contributed by atoms with van der Waals surface area (Å²) in [5.74, 6) is 0.00827. The number of aryl methyl sites for hydroxylation is 2. The van der Waals surface area contributed by atoms with Crippen molar-refractivity contribution in [3.8, 4) is 5.75 Å². The Balaban J connectivity index is 2.27. The quantitative estimate of drug-likeness (QED) is 0.618. The standard InChI is InChI=1S/C12H12ClN3O2/c1-7-11(8(2)16(3)15-7)18-12(17)9-4-5-14-10(13)6-9/h4-6H,1-3H3. The van der Waals surface area contributed by atoms with Gasteiger partial charge in [0.1, 0.15) is 10.8 Å². The predicted octanol–water partition coefficient (Wildman–Crippen LogP) is 2.30. The van der Waals surface area contributed by atoms with Gasteiger partial charge in [0.25, 0.3) is 0 Å². The summed E-state index contributed by atoms with van der Waals surface area (Å²) in [6.45, 7) is 3.62. The van der Waals surface area contributed by atoms with Gasteiger partial charge in [0, 0.05) is 13.2 Å². The summed E-state index contributed by atoms with van der Waals surface area (Å²) in [5, 5.41) is 4.43. The van der Waals surface area contributed by atoms with Crippen LogP contribution in [0.15, 0.2) is 18.3 Å². The van der Waals surface area contributed by atoms with Crippen molar-refractivity contribution in [2.24, 2.45) is 7.05 Å². The van der Waals surface area contributed by atoms with Crippen molar-refractivity contribution in [2.45, 2.75) is 13.8 Å². The number of hydrogen-bond acceptors (Lipinski definition) is 4. The molecule has 2 aromatic rings. The second kappa shape index (κ2) is 4.78. The molecule has 0 aromatic carbocycles. The van der Waals surface area contributed by atoms with Crippen LogP contribution >= 0.6 is 11.6 Å². The van der Waals surface area contributed by atoms with Crippen molar-refractivity contribution >= 4 is 17.6 Å². The van der Waals surface area contributed by atoms with Gasteiger partial charge in [0.15, 0.2) is 5.75 Å². The highest BCUT2D eigenvalue weighted by Gasteiger charge is 2.16. The van der Waals surface area contributed by atoms with Crippen molar-refractivity contribution in [2.75, 3.05) is 0 Å². The maximum Gasteiger partial charge on any atom is 0.343 e. The monoisotopic (exact) mass is 265 g/mol. The maximum atomic E-state index is 11.9. The number of pyridine rings is 1. The summed E-state index contributed by atoms with van der Waals surface area (Å²) >= 11 is 5.72. The molecule has 0 saturated heterocycles. The van der Waals surface area contributed by atoms with Gasteiger partial charge in [-0.05, 0) is 26.0 Å². The number of ether oxygens (including phenoxy) is 1. The Kier molecular flexibility index (Phi) is 3.34. The fraction of sp³-hybridized carbons (Fsp3) is 0.250. The van der Waals surface area contributed by atoms with E-state index in [9.17, 15) is 4.79 Å². The van der Waals surface area contributed by atoms with Gasteiger partial charge in [-0.25, -0.2) is 9.78 Å². The molecule has 0 aliphatic rings. The van der Waals surface area contributed by atoms with E-state index in [0.29, 0.717) is 17.0 Å². The first-order valence-corrected chi connectivity index (χ1v) is 5.70. The van der Waals surface area contributed by atoms with Crippen molar-refractivity contribution in [3.63, 3.8) is 0 Å². The van der Waals surface area contributed by atoms with E-state index in [0.717, 1.165) is 5.69 Å². The Morgan fingerprint density at radius 2 is 2.17 bits per heavy atom. The molecule has 0 radical (unpaired) electrons. The van der Waals surface area contributed by atoms with E-state index in [1.54, 1.807) is 24.7 Å². The molecule has 18 heavy (non-hydrogen) atoms. The molecule has 0 aliphatic carbocycles. The van der Waals surface area contributed by atoms with Crippen LogP contribution in [-0.4, -0.2) is 20.7 Å². The molecule has 0 N–H and O–H groups in total. The lowest BCUT2D eigenvalue weighted by atomic mass is 10.3. The summed E-state index contributed by atoms with van der Waals surface area (Å²) in [6.07, 6.45) is 1.46. The Bertz CT molecular complexity index is 607. The van der Waals surface area contributed by atoms with Crippen molar-refractivity contribution in [1.29, 1.82) is 0 Å². The molecule has 0 bridgehead atoms. The van der Waals surface area contributed by atoms with Crippen LogP contribution in [0, 0.1) is 13.8 Å². The molecule has 0 atom stereocenters. The predicted molar refractivity (Wildman–Crippen MR) is 66.9 cm³/mol.